The second-order valence-corrected chi connectivity index (χ2v) is 2.71. The average Bonchev–Trinajstić information content (AvgIpc) is 2.33. The Morgan fingerprint density at radius 2 is 2.50 bits per heavy atom. The van der Waals surface area contributed by atoms with Crippen molar-refractivity contribution < 1.29 is 5.11 Å². The molecule has 0 bridgehead atoms. The van der Waals surface area contributed by atoms with Crippen molar-refractivity contribution in [2.75, 3.05) is 0 Å². The van der Waals surface area contributed by atoms with Gasteiger partial charge in [0.1, 0.15) is 6.10 Å². The summed E-state index contributed by atoms with van der Waals surface area (Å²) in [7, 11) is 1.80. The topological polar surface area (TPSA) is 61.8 Å². The zero-order valence-corrected chi connectivity index (χ0v) is 7.15. The van der Waals surface area contributed by atoms with Crippen LogP contribution < -0.4 is 0 Å². The molecule has 0 saturated carbocycles. The lowest BCUT2D eigenvalue weighted by atomic mass is 10.2. The maximum absolute atomic E-state index is 9.36. The molecule has 1 aromatic rings. The summed E-state index contributed by atoms with van der Waals surface area (Å²) in [6.45, 7) is 1.90. The number of nitrogens with zero attached hydrogens (tertiary/aromatic N) is 3. The van der Waals surface area contributed by atoms with Gasteiger partial charge in [0, 0.05) is 12.7 Å². The summed E-state index contributed by atoms with van der Waals surface area (Å²) >= 11 is 0. The fourth-order valence-corrected chi connectivity index (χ4v) is 0.942. The molecule has 0 aliphatic rings. The molecule has 0 aromatic carbocycles. The molecule has 0 spiro atoms. The minimum absolute atomic E-state index is 0.0937. The molecule has 0 amide bonds. The van der Waals surface area contributed by atoms with E-state index >= 15 is 0 Å². The predicted octanol–water partition coefficient (Wildman–Crippen LogP) is 0.676. The maximum atomic E-state index is 9.36. The fourth-order valence-electron chi connectivity index (χ4n) is 0.942. The number of aromatic nitrogens is 2. The molecule has 1 heterocycles. The highest BCUT2D eigenvalue weighted by Gasteiger charge is 2.10. The summed E-state index contributed by atoms with van der Waals surface area (Å²) in [6, 6.07) is 3.68. The van der Waals surface area contributed by atoms with Crippen LogP contribution in [0.3, 0.4) is 0 Å². The SMILES string of the molecule is Cc1cc(C(O)CC#N)nn1C. The molecule has 0 aliphatic heterocycles. The average molecular weight is 165 g/mol. The summed E-state index contributed by atoms with van der Waals surface area (Å²) in [5, 5.41) is 21.7. The normalized spacial score (nSPS) is 12.5. The van der Waals surface area contributed by atoms with Crippen molar-refractivity contribution in [2.45, 2.75) is 19.4 Å². The largest absolute Gasteiger partial charge is 0.386 e. The Kier molecular flexibility index (Phi) is 2.46. The Morgan fingerprint density at radius 3 is 2.92 bits per heavy atom. The molecule has 1 atom stereocenters. The minimum atomic E-state index is -0.755. The van der Waals surface area contributed by atoms with Crippen LogP contribution in [0.25, 0.3) is 0 Å². The van der Waals surface area contributed by atoms with Gasteiger partial charge in [-0.05, 0) is 13.0 Å². The summed E-state index contributed by atoms with van der Waals surface area (Å²) in [5.74, 6) is 0. The summed E-state index contributed by atoms with van der Waals surface area (Å²) in [4.78, 5) is 0. The van der Waals surface area contributed by atoms with Gasteiger partial charge in [-0.15, -0.1) is 0 Å². The lowest BCUT2D eigenvalue weighted by Crippen LogP contribution is -1.98. The van der Waals surface area contributed by atoms with Crippen LogP contribution in [0.4, 0.5) is 0 Å². The van der Waals surface area contributed by atoms with Gasteiger partial charge in [0.15, 0.2) is 0 Å². The Bertz CT molecular complexity index is 291. The van der Waals surface area contributed by atoms with Crippen molar-refractivity contribution in [1.82, 2.24) is 9.78 Å². The van der Waals surface area contributed by atoms with Crippen LogP contribution >= 0.6 is 0 Å². The van der Waals surface area contributed by atoms with Crippen molar-refractivity contribution in [3.8, 4) is 6.07 Å². The number of hydrogen-bond acceptors (Lipinski definition) is 3. The van der Waals surface area contributed by atoms with Crippen LogP contribution in [0.15, 0.2) is 6.07 Å². The van der Waals surface area contributed by atoms with E-state index in [9.17, 15) is 5.11 Å². The molecule has 4 heteroatoms. The van der Waals surface area contributed by atoms with Gasteiger partial charge < -0.3 is 5.11 Å². The van der Waals surface area contributed by atoms with Gasteiger partial charge in [-0.1, -0.05) is 0 Å². The van der Waals surface area contributed by atoms with Gasteiger partial charge in [-0.3, -0.25) is 4.68 Å². The van der Waals surface area contributed by atoms with E-state index in [1.807, 2.05) is 13.0 Å². The summed E-state index contributed by atoms with van der Waals surface area (Å²) < 4.78 is 1.68. The zero-order valence-electron chi connectivity index (χ0n) is 7.15. The standard InChI is InChI=1S/C8H11N3O/c1-6-5-7(10-11(6)2)8(12)3-4-9/h5,8,12H,3H2,1-2H3. The van der Waals surface area contributed by atoms with E-state index in [4.69, 9.17) is 5.26 Å². The lowest BCUT2D eigenvalue weighted by Gasteiger charge is -1.99. The van der Waals surface area contributed by atoms with E-state index in [-0.39, 0.29) is 6.42 Å². The Morgan fingerprint density at radius 1 is 1.83 bits per heavy atom. The van der Waals surface area contributed by atoms with Crippen LogP contribution in [0.2, 0.25) is 0 Å². The number of aliphatic hydroxyl groups is 1. The first-order valence-corrected chi connectivity index (χ1v) is 3.70. The number of rotatable bonds is 2. The van der Waals surface area contributed by atoms with Crippen molar-refractivity contribution >= 4 is 0 Å². The van der Waals surface area contributed by atoms with Gasteiger partial charge in [-0.2, -0.15) is 10.4 Å². The Balaban J connectivity index is 2.83. The van der Waals surface area contributed by atoms with Crippen molar-refractivity contribution in [3.63, 3.8) is 0 Å². The quantitative estimate of drug-likeness (QED) is 0.700. The zero-order chi connectivity index (χ0) is 9.14. The first kappa shape index (κ1) is 8.75. The molecule has 0 fully saturated rings. The van der Waals surface area contributed by atoms with E-state index in [0.29, 0.717) is 5.69 Å². The van der Waals surface area contributed by atoms with E-state index in [0.717, 1.165) is 5.69 Å². The molecule has 0 aliphatic carbocycles. The van der Waals surface area contributed by atoms with Crippen molar-refractivity contribution in [1.29, 1.82) is 5.26 Å². The monoisotopic (exact) mass is 165 g/mol. The second-order valence-electron chi connectivity index (χ2n) is 2.71. The second kappa shape index (κ2) is 3.37. The van der Waals surface area contributed by atoms with Crippen LogP contribution in [0.1, 0.15) is 23.9 Å². The molecule has 1 N–H and O–H groups in total. The number of aliphatic hydroxyl groups excluding tert-OH is 1. The van der Waals surface area contributed by atoms with Crippen LogP contribution in [-0.2, 0) is 7.05 Å². The van der Waals surface area contributed by atoms with Crippen LogP contribution in [0.5, 0.6) is 0 Å². The third kappa shape index (κ3) is 1.63. The van der Waals surface area contributed by atoms with Crippen molar-refractivity contribution in [3.05, 3.63) is 17.5 Å². The Labute approximate surface area is 71.1 Å². The molecule has 1 aromatic heterocycles. The number of aryl methyl sites for hydroxylation is 2. The van der Waals surface area contributed by atoms with E-state index in [2.05, 4.69) is 5.10 Å². The molecular weight excluding hydrogens is 154 g/mol. The highest BCUT2D eigenvalue weighted by molar-refractivity contribution is 5.11. The molecule has 4 nitrogen and oxygen atoms in total. The minimum Gasteiger partial charge on any atom is -0.386 e. The van der Waals surface area contributed by atoms with Crippen LogP contribution in [-0.4, -0.2) is 14.9 Å². The molecular formula is C8H11N3O. The third-order valence-electron chi connectivity index (χ3n) is 1.76. The fraction of sp³-hybridized carbons (Fsp3) is 0.500. The smallest absolute Gasteiger partial charge is 0.111 e. The van der Waals surface area contributed by atoms with E-state index in [1.54, 1.807) is 17.8 Å². The maximum Gasteiger partial charge on any atom is 0.111 e. The molecule has 1 rings (SSSR count). The predicted molar refractivity (Wildman–Crippen MR) is 43.1 cm³/mol. The highest BCUT2D eigenvalue weighted by atomic mass is 16.3. The van der Waals surface area contributed by atoms with Crippen molar-refractivity contribution in [2.24, 2.45) is 7.05 Å². The number of nitriles is 1. The highest BCUT2D eigenvalue weighted by Crippen LogP contribution is 2.14. The molecule has 0 radical (unpaired) electrons. The Hall–Kier alpha value is -1.34. The first-order valence-electron chi connectivity index (χ1n) is 3.70. The third-order valence-corrected chi connectivity index (χ3v) is 1.76. The molecule has 12 heavy (non-hydrogen) atoms. The first-order chi connectivity index (χ1) is 5.65. The van der Waals surface area contributed by atoms with Gasteiger partial charge in [-0.25, -0.2) is 0 Å². The van der Waals surface area contributed by atoms with Gasteiger partial charge in [0.05, 0.1) is 18.2 Å². The molecule has 1 unspecified atom stereocenters. The lowest BCUT2D eigenvalue weighted by molar-refractivity contribution is 0.177. The van der Waals surface area contributed by atoms with Crippen LogP contribution in [0, 0.1) is 18.3 Å². The summed E-state index contributed by atoms with van der Waals surface area (Å²) in [6.07, 6.45) is -0.661. The summed E-state index contributed by atoms with van der Waals surface area (Å²) in [5.41, 5.74) is 1.54. The molecule has 64 valence electrons. The van der Waals surface area contributed by atoms with E-state index in [1.165, 1.54) is 0 Å². The molecule has 0 saturated heterocycles. The van der Waals surface area contributed by atoms with Gasteiger partial charge in [0.2, 0.25) is 0 Å². The van der Waals surface area contributed by atoms with Gasteiger partial charge >= 0.3 is 0 Å². The van der Waals surface area contributed by atoms with E-state index < -0.39 is 6.10 Å². The van der Waals surface area contributed by atoms with Gasteiger partial charge in [0.25, 0.3) is 0 Å². The number of hydrogen-bond donors (Lipinski definition) is 1.